The molecule has 0 aliphatic carbocycles. The van der Waals surface area contributed by atoms with E-state index in [0.717, 1.165) is 6.07 Å². The minimum atomic E-state index is -0.920. The smallest absolute Gasteiger partial charge is 0.202 e. The molecular weight excluding hydrogens is 176 g/mol. The van der Waals surface area contributed by atoms with Crippen molar-refractivity contribution in [1.82, 2.24) is 0 Å². The minimum Gasteiger partial charge on any atom is -0.484 e. The molecule has 0 fully saturated rings. The molecule has 0 saturated heterocycles. The predicted molar refractivity (Wildman–Crippen MR) is 44.9 cm³/mol. The van der Waals surface area contributed by atoms with Crippen molar-refractivity contribution in [1.29, 1.82) is 0 Å². The maximum atomic E-state index is 13.1. The molecule has 0 amide bonds. The summed E-state index contributed by atoms with van der Waals surface area (Å²) >= 11 is 0. The van der Waals surface area contributed by atoms with Gasteiger partial charge in [0, 0.05) is 0 Å². The van der Waals surface area contributed by atoms with E-state index < -0.39 is 11.6 Å². The van der Waals surface area contributed by atoms with Crippen LogP contribution in [0.5, 0.6) is 5.75 Å². The van der Waals surface area contributed by atoms with Gasteiger partial charge in [0.25, 0.3) is 0 Å². The third-order valence-corrected chi connectivity index (χ3v) is 1.95. The van der Waals surface area contributed by atoms with E-state index in [1.165, 1.54) is 6.07 Å². The van der Waals surface area contributed by atoms with Gasteiger partial charge in [0.2, 0.25) is 5.82 Å². The zero-order valence-electron chi connectivity index (χ0n) is 7.10. The van der Waals surface area contributed by atoms with Gasteiger partial charge in [-0.3, -0.25) is 0 Å². The van der Waals surface area contributed by atoms with Gasteiger partial charge in [0.1, 0.15) is 6.10 Å². The topological polar surface area (TPSA) is 21.3 Å². The molecule has 1 aliphatic heterocycles. The monoisotopic (exact) mass is 185 g/mol. The van der Waals surface area contributed by atoms with Crippen molar-refractivity contribution in [3.63, 3.8) is 0 Å². The number of hydrogen-bond donors (Lipinski definition) is 1. The van der Waals surface area contributed by atoms with E-state index in [9.17, 15) is 8.78 Å². The van der Waals surface area contributed by atoms with Crippen molar-refractivity contribution in [3.8, 4) is 5.75 Å². The van der Waals surface area contributed by atoms with Gasteiger partial charge in [0.15, 0.2) is 11.6 Å². The lowest BCUT2D eigenvalue weighted by Crippen LogP contribution is -2.28. The minimum absolute atomic E-state index is 0.0150. The quantitative estimate of drug-likeness (QED) is 0.668. The Balaban J connectivity index is 2.48. The Hall–Kier alpha value is -1.32. The van der Waals surface area contributed by atoms with Crippen LogP contribution in [-0.4, -0.2) is 12.6 Å². The number of halogens is 2. The van der Waals surface area contributed by atoms with E-state index in [4.69, 9.17) is 4.74 Å². The van der Waals surface area contributed by atoms with Gasteiger partial charge in [0.05, 0.1) is 12.2 Å². The summed E-state index contributed by atoms with van der Waals surface area (Å²) in [5, 5.41) is 2.95. The SMILES string of the molecule is C[C@@H]1CNc2ccc(F)c(F)c2O1. The summed E-state index contributed by atoms with van der Waals surface area (Å²) in [7, 11) is 0. The number of nitrogens with one attached hydrogen (secondary N) is 1. The van der Waals surface area contributed by atoms with Crippen LogP contribution in [0.15, 0.2) is 12.1 Å². The van der Waals surface area contributed by atoms with E-state index in [1.54, 1.807) is 6.92 Å². The third-order valence-electron chi connectivity index (χ3n) is 1.95. The molecule has 13 heavy (non-hydrogen) atoms. The number of hydrogen-bond acceptors (Lipinski definition) is 2. The maximum Gasteiger partial charge on any atom is 0.202 e. The Kier molecular flexibility index (Phi) is 1.83. The Labute approximate surface area is 74.5 Å². The molecule has 1 heterocycles. The fourth-order valence-corrected chi connectivity index (χ4v) is 1.28. The van der Waals surface area contributed by atoms with Gasteiger partial charge in [-0.25, -0.2) is 4.39 Å². The highest BCUT2D eigenvalue weighted by atomic mass is 19.2. The molecule has 2 nitrogen and oxygen atoms in total. The fourth-order valence-electron chi connectivity index (χ4n) is 1.28. The first-order chi connectivity index (χ1) is 6.18. The van der Waals surface area contributed by atoms with Crippen molar-refractivity contribution >= 4 is 5.69 Å². The van der Waals surface area contributed by atoms with Crippen molar-refractivity contribution in [2.75, 3.05) is 11.9 Å². The second kappa shape index (κ2) is 2.87. The molecule has 4 heteroatoms. The van der Waals surface area contributed by atoms with E-state index >= 15 is 0 Å². The molecule has 0 aromatic heterocycles. The summed E-state index contributed by atoms with van der Waals surface area (Å²) in [6.07, 6.45) is -0.135. The lowest BCUT2D eigenvalue weighted by molar-refractivity contribution is 0.212. The van der Waals surface area contributed by atoms with Crippen LogP contribution in [0, 0.1) is 11.6 Å². The second-order valence-electron chi connectivity index (χ2n) is 3.05. The summed E-state index contributed by atoms with van der Waals surface area (Å²) in [5.74, 6) is -1.81. The highest BCUT2D eigenvalue weighted by Crippen LogP contribution is 2.32. The van der Waals surface area contributed by atoms with Crippen molar-refractivity contribution in [2.45, 2.75) is 13.0 Å². The molecule has 1 aromatic carbocycles. The molecule has 0 unspecified atom stereocenters. The highest BCUT2D eigenvalue weighted by Gasteiger charge is 2.21. The summed E-state index contributed by atoms with van der Waals surface area (Å²) < 4.78 is 31.0. The first-order valence-electron chi connectivity index (χ1n) is 4.07. The standard InChI is InChI=1S/C9H9F2NO/c1-5-4-12-7-3-2-6(10)8(11)9(7)13-5/h2-3,5,12H,4H2,1H3/t5-/m1/s1. The largest absolute Gasteiger partial charge is 0.484 e. The summed E-state index contributed by atoms with van der Waals surface area (Å²) in [6, 6.07) is 2.56. The maximum absolute atomic E-state index is 13.1. The van der Waals surface area contributed by atoms with Gasteiger partial charge < -0.3 is 10.1 Å². The highest BCUT2D eigenvalue weighted by molar-refractivity contribution is 5.58. The summed E-state index contributed by atoms with van der Waals surface area (Å²) in [6.45, 7) is 2.40. The van der Waals surface area contributed by atoms with E-state index in [0.29, 0.717) is 12.2 Å². The van der Waals surface area contributed by atoms with Crippen LogP contribution in [0.25, 0.3) is 0 Å². The lowest BCUT2D eigenvalue weighted by atomic mass is 10.2. The molecule has 0 spiro atoms. The van der Waals surface area contributed by atoms with Gasteiger partial charge in [-0.15, -0.1) is 0 Å². The molecule has 70 valence electrons. The van der Waals surface area contributed by atoms with Crippen molar-refractivity contribution < 1.29 is 13.5 Å². The van der Waals surface area contributed by atoms with Gasteiger partial charge >= 0.3 is 0 Å². The molecular formula is C9H9F2NO. The first-order valence-corrected chi connectivity index (χ1v) is 4.07. The number of fused-ring (bicyclic) bond motifs is 1. The Morgan fingerprint density at radius 2 is 2.23 bits per heavy atom. The molecule has 1 N–H and O–H groups in total. The third kappa shape index (κ3) is 1.32. The van der Waals surface area contributed by atoms with E-state index in [2.05, 4.69) is 5.32 Å². The average Bonchev–Trinajstić information content (AvgIpc) is 2.12. The Bertz CT molecular complexity index is 341. The van der Waals surface area contributed by atoms with E-state index in [-0.39, 0.29) is 11.9 Å². The van der Waals surface area contributed by atoms with Crippen LogP contribution in [0.3, 0.4) is 0 Å². The van der Waals surface area contributed by atoms with Crippen LogP contribution in [0.4, 0.5) is 14.5 Å². The lowest BCUT2D eigenvalue weighted by Gasteiger charge is -2.24. The van der Waals surface area contributed by atoms with Crippen LogP contribution in [0.2, 0.25) is 0 Å². The van der Waals surface area contributed by atoms with Crippen molar-refractivity contribution in [3.05, 3.63) is 23.8 Å². The normalized spacial score (nSPS) is 20.1. The first kappa shape index (κ1) is 8.29. The zero-order chi connectivity index (χ0) is 9.42. The fraction of sp³-hybridized carbons (Fsp3) is 0.333. The van der Waals surface area contributed by atoms with Crippen LogP contribution in [0.1, 0.15) is 6.92 Å². The number of anilines is 1. The van der Waals surface area contributed by atoms with Crippen molar-refractivity contribution in [2.24, 2.45) is 0 Å². The average molecular weight is 185 g/mol. The zero-order valence-corrected chi connectivity index (χ0v) is 7.10. The van der Waals surface area contributed by atoms with Crippen LogP contribution < -0.4 is 10.1 Å². The van der Waals surface area contributed by atoms with Gasteiger partial charge in [-0.2, -0.15) is 4.39 Å². The molecule has 2 rings (SSSR count). The molecule has 1 aromatic rings. The molecule has 0 bridgehead atoms. The molecule has 1 atom stereocenters. The summed E-state index contributed by atoms with van der Waals surface area (Å²) in [5.41, 5.74) is 0.511. The summed E-state index contributed by atoms with van der Waals surface area (Å²) in [4.78, 5) is 0. The predicted octanol–water partition coefficient (Wildman–Crippen LogP) is 2.16. The number of benzene rings is 1. The van der Waals surface area contributed by atoms with Crippen LogP contribution >= 0.6 is 0 Å². The number of ether oxygens (including phenoxy) is 1. The molecule has 0 radical (unpaired) electrons. The second-order valence-corrected chi connectivity index (χ2v) is 3.05. The Morgan fingerprint density at radius 3 is 3.00 bits per heavy atom. The molecule has 1 aliphatic rings. The Morgan fingerprint density at radius 1 is 1.46 bits per heavy atom. The molecule has 0 saturated carbocycles. The van der Waals surface area contributed by atoms with Crippen LogP contribution in [-0.2, 0) is 0 Å². The van der Waals surface area contributed by atoms with E-state index in [1.807, 2.05) is 0 Å². The van der Waals surface area contributed by atoms with Gasteiger partial charge in [-0.05, 0) is 19.1 Å². The number of rotatable bonds is 0. The van der Waals surface area contributed by atoms with Gasteiger partial charge in [-0.1, -0.05) is 0 Å².